The Kier molecular flexibility index (Phi) is 5.15. The van der Waals surface area contributed by atoms with E-state index in [1.807, 2.05) is 6.07 Å². The molecule has 1 aliphatic heterocycles. The highest BCUT2D eigenvalue weighted by molar-refractivity contribution is 6.34. The Morgan fingerprint density at radius 1 is 1.07 bits per heavy atom. The minimum atomic E-state index is -0.314. The van der Waals surface area contributed by atoms with Crippen LogP contribution in [0.15, 0.2) is 30.3 Å². The molecule has 0 saturated heterocycles. The quantitative estimate of drug-likeness (QED) is 0.764. The second-order valence-corrected chi connectivity index (χ2v) is 7.79. The molecule has 7 heteroatoms. The van der Waals surface area contributed by atoms with Crippen LogP contribution in [0.25, 0.3) is 0 Å². The molecular weight excluding hydrogens is 387 g/mol. The summed E-state index contributed by atoms with van der Waals surface area (Å²) in [5, 5.41) is 3.54. The first-order chi connectivity index (χ1) is 13.1. The summed E-state index contributed by atoms with van der Waals surface area (Å²) in [5.41, 5.74) is 1.19. The fourth-order valence-corrected chi connectivity index (χ4v) is 4.24. The molecule has 1 aromatic heterocycles. The first-order valence-corrected chi connectivity index (χ1v) is 9.83. The number of hydrogen-bond acceptors (Lipinski definition) is 4. The van der Waals surface area contributed by atoms with Crippen molar-refractivity contribution in [2.24, 2.45) is 0 Å². The van der Waals surface area contributed by atoms with Gasteiger partial charge in [-0.2, -0.15) is 0 Å². The molecule has 2 aromatic rings. The van der Waals surface area contributed by atoms with Crippen LogP contribution in [0.2, 0.25) is 10.2 Å². The third-order valence-electron chi connectivity index (χ3n) is 5.33. The summed E-state index contributed by atoms with van der Waals surface area (Å²) < 4.78 is 11.4. The molecule has 4 rings (SSSR count). The van der Waals surface area contributed by atoms with Crippen molar-refractivity contribution in [3.8, 4) is 11.5 Å². The average Bonchev–Trinajstić information content (AvgIpc) is 3.18. The molecule has 142 valence electrons. The number of ether oxygens (including phenoxy) is 2. The molecule has 1 N–H and O–H groups in total. The number of fused-ring (bicyclic) bond motifs is 1. The Labute approximate surface area is 168 Å². The van der Waals surface area contributed by atoms with Crippen LogP contribution in [0.1, 0.15) is 41.7 Å². The summed E-state index contributed by atoms with van der Waals surface area (Å²) in [7, 11) is 0. The molecule has 1 fully saturated rings. The molecule has 1 saturated carbocycles. The maximum Gasteiger partial charge on any atom is 0.271 e. The van der Waals surface area contributed by atoms with Gasteiger partial charge in [0.25, 0.3) is 5.91 Å². The first-order valence-electron chi connectivity index (χ1n) is 9.08. The first kappa shape index (κ1) is 18.4. The van der Waals surface area contributed by atoms with Crippen molar-refractivity contribution in [1.29, 1.82) is 0 Å². The van der Waals surface area contributed by atoms with E-state index in [0.717, 1.165) is 42.7 Å². The minimum Gasteiger partial charge on any atom is -0.486 e. The number of nitrogens with zero attached hydrogens (tertiary/aromatic N) is 1. The van der Waals surface area contributed by atoms with Crippen molar-refractivity contribution in [2.45, 2.75) is 31.1 Å². The fourth-order valence-electron chi connectivity index (χ4n) is 3.90. The number of carbonyl (C=O) groups excluding carboxylic acids is 1. The summed E-state index contributed by atoms with van der Waals surface area (Å²) >= 11 is 12.0. The smallest absolute Gasteiger partial charge is 0.271 e. The van der Waals surface area contributed by atoms with Gasteiger partial charge in [0.15, 0.2) is 11.5 Å². The topological polar surface area (TPSA) is 60.5 Å². The van der Waals surface area contributed by atoms with Gasteiger partial charge in [-0.15, -0.1) is 0 Å². The van der Waals surface area contributed by atoms with Crippen LogP contribution in [0, 0.1) is 0 Å². The maximum absolute atomic E-state index is 12.6. The lowest BCUT2D eigenvalue weighted by Crippen LogP contribution is -2.39. The zero-order valence-corrected chi connectivity index (χ0v) is 16.3. The average molecular weight is 407 g/mol. The maximum atomic E-state index is 12.6. The number of halogens is 2. The molecule has 0 bridgehead atoms. The molecule has 0 spiro atoms. The zero-order valence-electron chi connectivity index (χ0n) is 14.8. The third kappa shape index (κ3) is 3.71. The van der Waals surface area contributed by atoms with E-state index in [0.29, 0.717) is 19.8 Å². The van der Waals surface area contributed by atoms with E-state index in [1.54, 1.807) is 12.1 Å². The molecule has 2 heterocycles. The Bertz CT molecular complexity index is 866. The molecule has 1 aromatic carbocycles. The van der Waals surface area contributed by atoms with Gasteiger partial charge in [-0.3, -0.25) is 4.79 Å². The van der Waals surface area contributed by atoms with E-state index < -0.39 is 0 Å². The van der Waals surface area contributed by atoms with Crippen molar-refractivity contribution >= 4 is 29.1 Å². The highest BCUT2D eigenvalue weighted by Crippen LogP contribution is 2.43. The van der Waals surface area contributed by atoms with Crippen molar-refractivity contribution in [1.82, 2.24) is 10.3 Å². The molecular formula is C20H20Cl2N2O3. The lowest BCUT2D eigenvalue weighted by molar-refractivity contribution is 0.0938. The number of pyridine rings is 1. The van der Waals surface area contributed by atoms with Crippen molar-refractivity contribution in [3.05, 3.63) is 51.8 Å². The monoisotopic (exact) mass is 406 g/mol. The second kappa shape index (κ2) is 7.56. The molecule has 0 unspecified atom stereocenters. The normalized spacial score (nSPS) is 17.6. The Morgan fingerprint density at radius 3 is 2.59 bits per heavy atom. The highest BCUT2D eigenvalue weighted by atomic mass is 35.5. The predicted octanol–water partition coefficient (Wildman–Crippen LogP) is 4.40. The molecule has 27 heavy (non-hydrogen) atoms. The molecule has 1 aliphatic carbocycles. The standard InChI is InChI=1S/C20H20Cl2N2O3/c21-14-4-6-17(22)24-18(14)19(25)23-12-20(7-1-2-8-20)13-3-5-15-16(11-13)27-10-9-26-15/h3-6,11H,1-2,7-10,12H2,(H,23,25). The molecule has 1 amide bonds. The predicted molar refractivity (Wildman–Crippen MR) is 104 cm³/mol. The summed E-state index contributed by atoms with van der Waals surface area (Å²) in [6.07, 6.45) is 4.26. The lowest BCUT2D eigenvalue weighted by atomic mass is 9.78. The third-order valence-corrected chi connectivity index (χ3v) is 5.85. The Morgan fingerprint density at radius 2 is 1.81 bits per heavy atom. The Hall–Kier alpha value is -1.98. The van der Waals surface area contributed by atoms with Gasteiger partial charge in [-0.05, 0) is 42.7 Å². The number of nitrogens with one attached hydrogen (secondary N) is 1. The largest absolute Gasteiger partial charge is 0.486 e. The van der Waals surface area contributed by atoms with Gasteiger partial charge in [0.2, 0.25) is 0 Å². The van der Waals surface area contributed by atoms with Crippen molar-refractivity contribution in [3.63, 3.8) is 0 Å². The van der Waals surface area contributed by atoms with Crippen LogP contribution in [-0.4, -0.2) is 30.6 Å². The summed E-state index contributed by atoms with van der Waals surface area (Å²) in [5.74, 6) is 1.24. The van der Waals surface area contributed by atoms with E-state index in [1.165, 1.54) is 0 Å². The van der Waals surface area contributed by atoms with Gasteiger partial charge in [-0.1, -0.05) is 42.1 Å². The van der Waals surface area contributed by atoms with E-state index in [9.17, 15) is 4.79 Å². The van der Waals surface area contributed by atoms with Crippen LogP contribution >= 0.6 is 23.2 Å². The molecule has 0 radical (unpaired) electrons. The Balaban J connectivity index is 1.56. The SMILES string of the molecule is O=C(NCC1(c2ccc3c(c2)OCCO3)CCCC1)c1nc(Cl)ccc1Cl. The fraction of sp³-hybridized carbons (Fsp3) is 0.400. The number of rotatable bonds is 4. The van der Waals surface area contributed by atoms with Crippen LogP contribution in [-0.2, 0) is 5.41 Å². The summed E-state index contributed by atoms with van der Waals surface area (Å²) in [4.78, 5) is 16.7. The number of amides is 1. The van der Waals surface area contributed by atoms with Gasteiger partial charge in [0, 0.05) is 12.0 Å². The summed E-state index contributed by atoms with van der Waals surface area (Å²) in [6, 6.07) is 9.24. The van der Waals surface area contributed by atoms with E-state index >= 15 is 0 Å². The van der Waals surface area contributed by atoms with Gasteiger partial charge >= 0.3 is 0 Å². The molecule has 5 nitrogen and oxygen atoms in total. The highest BCUT2D eigenvalue weighted by Gasteiger charge is 2.37. The van der Waals surface area contributed by atoms with Crippen molar-refractivity contribution < 1.29 is 14.3 Å². The van der Waals surface area contributed by atoms with Crippen molar-refractivity contribution in [2.75, 3.05) is 19.8 Å². The zero-order chi connectivity index (χ0) is 18.9. The van der Waals surface area contributed by atoms with Crippen LogP contribution in [0.5, 0.6) is 11.5 Å². The molecule has 0 atom stereocenters. The lowest BCUT2D eigenvalue weighted by Gasteiger charge is -2.31. The number of carbonyl (C=O) groups is 1. The minimum absolute atomic E-state index is 0.128. The van der Waals surface area contributed by atoms with Gasteiger partial charge < -0.3 is 14.8 Å². The second-order valence-electron chi connectivity index (χ2n) is 6.99. The van der Waals surface area contributed by atoms with E-state index in [-0.39, 0.29) is 27.2 Å². The van der Waals surface area contributed by atoms with Crippen LogP contribution in [0.4, 0.5) is 0 Å². The van der Waals surface area contributed by atoms with Crippen LogP contribution in [0.3, 0.4) is 0 Å². The number of aromatic nitrogens is 1. The van der Waals surface area contributed by atoms with Gasteiger partial charge in [0.1, 0.15) is 24.1 Å². The van der Waals surface area contributed by atoms with Crippen LogP contribution < -0.4 is 14.8 Å². The number of hydrogen-bond donors (Lipinski definition) is 1. The van der Waals surface area contributed by atoms with E-state index in [4.69, 9.17) is 32.7 Å². The number of benzene rings is 1. The van der Waals surface area contributed by atoms with Gasteiger partial charge in [-0.25, -0.2) is 4.98 Å². The molecule has 2 aliphatic rings. The summed E-state index contributed by atoms with van der Waals surface area (Å²) in [6.45, 7) is 1.63. The van der Waals surface area contributed by atoms with Gasteiger partial charge in [0.05, 0.1) is 5.02 Å². The van der Waals surface area contributed by atoms with E-state index in [2.05, 4.69) is 22.4 Å².